The first-order valence-electron chi connectivity index (χ1n) is 9.02. The molecule has 1 aromatic rings. The fourth-order valence-corrected chi connectivity index (χ4v) is 4.96. The zero-order chi connectivity index (χ0) is 19.7. The number of thiophene rings is 1. The number of nitrogens with zero attached hydrogens (tertiary/aromatic N) is 1. The molecule has 0 unspecified atom stereocenters. The lowest BCUT2D eigenvalue weighted by Crippen LogP contribution is -2.25. The van der Waals surface area contributed by atoms with E-state index in [1.54, 1.807) is 6.92 Å². The fraction of sp³-hybridized carbons (Fsp3) is 0.474. The largest absolute Gasteiger partial charge is 0.512 e. The van der Waals surface area contributed by atoms with Gasteiger partial charge in [0.05, 0.1) is 27.2 Å². The van der Waals surface area contributed by atoms with E-state index in [-0.39, 0.29) is 52.8 Å². The first-order chi connectivity index (χ1) is 12.8. The molecule has 0 atom stereocenters. The van der Waals surface area contributed by atoms with E-state index in [1.165, 1.54) is 6.07 Å². The Morgan fingerprint density at radius 2 is 1.59 bits per heavy atom. The SMILES string of the molecule is CCc1sc(C(C2=C(O)CCCC2=O)C2=C(O)CCCC2=O)cc1[N+](=O)[O-]. The number of hydrogen-bond acceptors (Lipinski definition) is 7. The van der Waals surface area contributed by atoms with Crippen LogP contribution in [0.4, 0.5) is 5.69 Å². The van der Waals surface area contributed by atoms with E-state index in [0.717, 1.165) is 11.3 Å². The van der Waals surface area contributed by atoms with Crippen LogP contribution in [-0.4, -0.2) is 26.7 Å². The van der Waals surface area contributed by atoms with Gasteiger partial charge < -0.3 is 10.2 Å². The van der Waals surface area contributed by atoms with Crippen molar-refractivity contribution in [3.05, 3.63) is 48.6 Å². The summed E-state index contributed by atoms with van der Waals surface area (Å²) in [5.74, 6) is -1.70. The minimum absolute atomic E-state index is 0.0609. The van der Waals surface area contributed by atoms with Crippen molar-refractivity contribution < 1.29 is 24.7 Å². The zero-order valence-corrected chi connectivity index (χ0v) is 15.8. The molecule has 2 aliphatic rings. The molecule has 1 heterocycles. The van der Waals surface area contributed by atoms with E-state index in [0.29, 0.717) is 41.9 Å². The van der Waals surface area contributed by atoms with E-state index in [2.05, 4.69) is 0 Å². The molecule has 0 saturated heterocycles. The number of aryl methyl sites for hydroxylation is 1. The van der Waals surface area contributed by atoms with Crippen LogP contribution in [0.5, 0.6) is 0 Å². The van der Waals surface area contributed by atoms with Crippen molar-refractivity contribution in [3.63, 3.8) is 0 Å². The lowest BCUT2D eigenvalue weighted by atomic mass is 9.77. The molecule has 0 aliphatic heterocycles. The molecular weight excluding hydrogens is 370 g/mol. The highest BCUT2D eigenvalue weighted by molar-refractivity contribution is 7.12. The Kier molecular flexibility index (Phi) is 5.46. The van der Waals surface area contributed by atoms with E-state index in [9.17, 15) is 29.9 Å². The second kappa shape index (κ2) is 7.64. The van der Waals surface area contributed by atoms with Crippen LogP contribution in [0.2, 0.25) is 0 Å². The summed E-state index contributed by atoms with van der Waals surface area (Å²) in [6.07, 6.45) is 2.58. The highest BCUT2D eigenvalue weighted by Crippen LogP contribution is 2.46. The van der Waals surface area contributed by atoms with Crippen molar-refractivity contribution in [1.82, 2.24) is 0 Å². The van der Waals surface area contributed by atoms with Gasteiger partial charge in [0.1, 0.15) is 0 Å². The van der Waals surface area contributed by atoms with Crippen LogP contribution in [0.1, 0.15) is 61.1 Å². The molecule has 0 saturated carbocycles. The number of Topliss-reactive ketones (excluding diaryl/α,β-unsaturated/α-hetero) is 2. The van der Waals surface area contributed by atoms with Gasteiger partial charge in [0.2, 0.25) is 0 Å². The van der Waals surface area contributed by atoms with Gasteiger partial charge in [0, 0.05) is 47.8 Å². The summed E-state index contributed by atoms with van der Waals surface area (Å²) in [5, 5.41) is 32.2. The molecule has 2 N–H and O–H groups in total. The number of nitro groups is 1. The average molecular weight is 391 g/mol. The van der Waals surface area contributed by atoms with Crippen LogP contribution in [0, 0.1) is 10.1 Å². The summed E-state index contributed by atoms with van der Waals surface area (Å²) < 4.78 is 0. The molecule has 3 rings (SSSR count). The number of allylic oxidation sites excluding steroid dienone is 4. The Balaban J connectivity index is 2.25. The van der Waals surface area contributed by atoms with Crippen LogP contribution in [0.15, 0.2) is 28.7 Å². The number of aliphatic hydroxyl groups is 2. The van der Waals surface area contributed by atoms with Crippen molar-refractivity contribution in [3.8, 4) is 0 Å². The number of aliphatic hydroxyl groups excluding tert-OH is 2. The maximum Gasteiger partial charge on any atom is 0.283 e. The van der Waals surface area contributed by atoms with Gasteiger partial charge in [-0.1, -0.05) is 6.92 Å². The Labute approximate surface area is 160 Å². The van der Waals surface area contributed by atoms with E-state index in [4.69, 9.17) is 0 Å². The van der Waals surface area contributed by atoms with Crippen molar-refractivity contribution in [1.29, 1.82) is 0 Å². The fourth-order valence-electron chi connectivity index (χ4n) is 3.77. The predicted octanol–water partition coefficient (Wildman–Crippen LogP) is 4.43. The Morgan fingerprint density at radius 1 is 1.07 bits per heavy atom. The summed E-state index contributed by atoms with van der Waals surface area (Å²) >= 11 is 1.15. The molecule has 0 fully saturated rings. The maximum absolute atomic E-state index is 12.6. The first-order valence-corrected chi connectivity index (χ1v) is 9.84. The van der Waals surface area contributed by atoms with E-state index < -0.39 is 10.8 Å². The van der Waals surface area contributed by atoms with Crippen molar-refractivity contribution in [2.45, 2.75) is 57.8 Å². The second-order valence-electron chi connectivity index (χ2n) is 6.78. The molecule has 8 heteroatoms. The second-order valence-corrected chi connectivity index (χ2v) is 7.94. The van der Waals surface area contributed by atoms with Crippen LogP contribution in [0.25, 0.3) is 0 Å². The Morgan fingerprint density at radius 3 is 1.96 bits per heavy atom. The molecule has 1 aromatic heterocycles. The monoisotopic (exact) mass is 391 g/mol. The standard InChI is InChI=1S/C19H21NO6S/c1-2-15-10(20(25)26)9-16(27-15)19(17-11(21)5-3-6-12(17)22)18-13(23)7-4-8-14(18)24/h9,19,21,23H,2-8H2,1H3. The lowest BCUT2D eigenvalue weighted by Gasteiger charge is -2.27. The van der Waals surface area contributed by atoms with Crippen molar-refractivity contribution in [2.24, 2.45) is 0 Å². The van der Waals surface area contributed by atoms with E-state index >= 15 is 0 Å². The topological polar surface area (TPSA) is 118 Å². The molecule has 0 spiro atoms. The van der Waals surface area contributed by atoms with Gasteiger partial charge >= 0.3 is 0 Å². The van der Waals surface area contributed by atoms with Crippen LogP contribution < -0.4 is 0 Å². The highest BCUT2D eigenvalue weighted by atomic mass is 32.1. The van der Waals surface area contributed by atoms with Gasteiger partial charge in [-0.05, 0) is 19.3 Å². The van der Waals surface area contributed by atoms with Gasteiger partial charge in [0.25, 0.3) is 5.69 Å². The molecule has 0 radical (unpaired) electrons. The number of carbonyl (C=O) groups excluding carboxylic acids is 2. The highest BCUT2D eigenvalue weighted by Gasteiger charge is 2.39. The zero-order valence-electron chi connectivity index (χ0n) is 15.0. The maximum atomic E-state index is 12.6. The minimum atomic E-state index is -0.949. The first kappa shape index (κ1) is 19.3. The molecule has 0 bridgehead atoms. The molecule has 7 nitrogen and oxygen atoms in total. The Bertz CT molecular complexity index is 837. The average Bonchev–Trinajstić information content (AvgIpc) is 3.04. The molecule has 2 aliphatic carbocycles. The van der Waals surface area contributed by atoms with Gasteiger partial charge in [-0.3, -0.25) is 19.7 Å². The lowest BCUT2D eigenvalue weighted by molar-refractivity contribution is -0.385. The summed E-state index contributed by atoms with van der Waals surface area (Å²) in [5.41, 5.74) is 0.128. The van der Waals surface area contributed by atoms with Crippen molar-refractivity contribution in [2.75, 3.05) is 0 Å². The number of ketones is 2. The summed E-state index contributed by atoms with van der Waals surface area (Å²) in [6.45, 7) is 1.79. The van der Waals surface area contributed by atoms with Gasteiger partial charge in [0.15, 0.2) is 11.6 Å². The summed E-state index contributed by atoms with van der Waals surface area (Å²) in [4.78, 5) is 37.1. The van der Waals surface area contributed by atoms with Gasteiger partial charge in [-0.25, -0.2) is 0 Å². The smallest absolute Gasteiger partial charge is 0.283 e. The predicted molar refractivity (Wildman–Crippen MR) is 100 cm³/mol. The van der Waals surface area contributed by atoms with Crippen LogP contribution >= 0.6 is 11.3 Å². The van der Waals surface area contributed by atoms with Crippen LogP contribution in [-0.2, 0) is 16.0 Å². The summed E-state index contributed by atoms with van der Waals surface area (Å²) in [7, 11) is 0. The molecular formula is C19H21NO6S. The molecule has 0 amide bonds. The molecule has 144 valence electrons. The van der Waals surface area contributed by atoms with E-state index in [1.807, 2.05) is 0 Å². The van der Waals surface area contributed by atoms with Crippen LogP contribution in [0.3, 0.4) is 0 Å². The third-order valence-corrected chi connectivity index (χ3v) is 6.38. The summed E-state index contributed by atoms with van der Waals surface area (Å²) in [6, 6.07) is 1.37. The number of hydrogen-bond donors (Lipinski definition) is 2. The minimum Gasteiger partial charge on any atom is -0.512 e. The normalized spacial score (nSPS) is 18.6. The van der Waals surface area contributed by atoms with Crippen molar-refractivity contribution >= 4 is 28.6 Å². The Hall–Kier alpha value is -2.48. The van der Waals surface area contributed by atoms with Gasteiger partial charge in [-0.2, -0.15) is 0 Å². The molecule has 0 aromatic carbocycles. The van der Waals surface area contributed by atoms with Gasteiger partial charge in [-0.15, -0.1) is 11.3 Å². The quantitative estimate of drug-likeness (QED) is 0.566. The number of rotatable bonds is 5. The third kappa shape index (κ3) is 3.53. The third-order valence-electron chi connectivity index (χ3n) is 5.04. The molecule has 27 heavy (non-hydrogen) atoms. The number of carbonyl (C=O) groups is 2.